The van der Waals surface area contributed by atoms with Crippen molar-refractivity contribution in [3.05, 3.63) is 12.3 Å². The molecule has 0 unspecified atom stereocenters. The van der Waals surface area contributed by atoms with Gasteiger partial charge < -0.3 is 15.8 Å². The van der Waals surface area contributed by atoms with Crippen LogP contribution in [0.2, 0.25) is 0 Å². The minimum absolute atomic E-state index is 0.612. The van der Waals surface area contributed by atoms with Gasteiger partial charge in [0.15, 0.2) is 0 Å². The average Bonchev–Trinajstić information content (AvgIpc) is 2.40. The number of rotatable bonds is 5. The molecule has 1 aliphatic carbocycles. The maximum Gasteiger partial charge on any atom is 0.0594 e. The molecule has 2 aliphatic rings. The Kier molecular flexibility index (Phi) is 5.47. The van der Waals surface area contributed by atoms with E-state index in [1.807, 2.05) is 0 Å². The molecule has 4 heteroatoms. The third-order valence-electron chi connectivity index (χ3n) is 4.11. The van der Waals surface area contributed by atoms with E-state index in [1.165, 1.54) is 25.7 Å². The molecule has 0 spiro atoms. The van der Waals surface area contributed by atoms with Crippen LogP contribution in [0.3, 0.4) is 0 Å². The first-order chi connectivity index (χ1) is 8.78. The number of morpholine rings is 1. The van der Waals surface area contributed by atoms with Crippen molar-refractivity contribution in [2.24, 2.45) is 11.7 Å². The van der Waals surface area contributed by atoms with Gasteiger partial charge in [0.2, 0.25) is 0 Å². The van der Waals surface area contributed by atoms with Crippen molar-refractivity contribution in [3.8, 4) is 0 Å². The van der Waals surface area contributed by atoms with Gasteiger partial charge in [-0.2, -0.15) is 0 Å². The van der Waals surface area contributed by atoms with Crippen LogP contribution in [0.1, 0.15) is 25.7 Å². The lowest BCUT2D eigenvalue weighted by Crippen LogP contribution is -2.41. The van der Waals surface area contributed by atoms with Crippen molar-refractivity contribution in [1.82, 2.24) is 10.2 Å². The van der Waals surface area contributed by atoms with Crippen LogP contribution in [-0.2, 0) is 4.74 Å². The molecule has 2 rings (SSSR count). The lowest BCUT2D eigenvalue weighted by atomic mass is 9.86. The summed E-state index contributed by atoms with van der Waals surface area (Å²) in [5, 5.41) is 3.59. The topological polar surface area (TPSA) is 50.5 Å². The predicted octanol–water partition coefficient (Wildman–Crippen LogP) is 0.939. The lowest BCUT2D eigenvalue weighted by Gasteiger charge is -2.32. The summed E-state index contributed by atoms with van der Waals surface area (Å²) in [6.45, 7) is 9.74. The Morgan fingerprint density at radius 3 is 2.50 bits per heavy atom. The molecule has 3 N–H and O–H groups in total. The normalized spacial score (nSPS) is 30.1. The summed E-state index contributed by atoms with van der Waals surface area (Å²) in [5.41, 5.74) is 6.88. The monoisotopic (exact) mass is 253 g/mol. The van der Waals surface area contributed by atoms with E-state index >= 15 is 0 Å². The molecule has 0 aromatic heterocycles. The van der Waals surface area contributed by atoms with Crippen LogP contribution >= 0.6 is 0 Å². The van der Waals surface area contributed by atoms with Crippen molar-refractivity contribution >= 4 is 0 Å². The maximum atomic E-state index is 5.72. The quantitative estimate of drug-likeness (QED) is 0.765. The second kappa shape index (κ2) is 7.12. The first-order valence-electron chi connectivity index (χ1n) is 7.22. The molecule has 1 saturated carbocycles. The van der Waals surface area contributed by atoms with Gasteiger partial charge in [-0.1, -0.05) is 6.58 Å². The molecule has 1 heterocycles. The van der Waals surface area contributed by atoms with E-state index in [1.54, 1.807) is 0 Å². The van der Waals surface area contributed by atoms with E-state index in [4.69, 9.17) is 10.5 Å². The summed E-state index contributed by atoms with van der Waals surface area (Å²) in [6, 6.07) is 0.612. The number of nitrogens with zero attached hydrogens (tertiary/aromatic N) is 1. The minimum atomic E-state index is 0.612. The average molecular weight is 253 g/mol. The molecule has 0 atom stereocenters. The van der Waals surface area contributed by atoms with E-state index in [0.29, 0.717) is 6.04 Å². The molecule has 104 valence electrons. The van der Waals surface area contributed by atoms with Crippen LogP contribution in [-0.4, -0.2) is 50.3 Å². The number of nitrogens with two attached hydrogens (primary N) is 1. The molecule has 0 bridgehead atoms. The maximum absolute atomic E-state index is 5.72. The summed E-state index contributed by atoms with van der Waals surface area (Å²) in [5.74, 6) is 0.746. The van der Waals surface area contributed by atoms with Gasteiger partial charge in [-0.3, -0.25) is 4.90 Å². The van der Waals surface area contributed by atoms with E-state index in [0.717, 1.165) is 51.0 Å². The van der Waals surface area contributed by atoms with E-state index in [2.05, 4.69) is 16.8 Å². The van der Waals surface area contributed by atoms with E-state index in [-0.39, 0.29) is 0 Å². The summed E-state index contributed by atoms with van der Waals surface area (Å²) in [6.07, 6.45) is 5.01. The fourth-order valence-electron chi connectivity index (χ4n) is 2.91. The zero-order chi connectivity index (χ0) is 12.8. The number of hydrogen-bond donors (Lipinski definition) is 2. The first kappa shape index (κ1) is 13.8. The Labute approximate surface area is 111 Å². The van der Waals surface area contributed by atoms with Gasteiger partial charge in [0.1, 0.15) is 0 Å². The van der Waals surface area contributed by atoms with Gasteiger partial charge in [-0.15, -0.1) is 0 Å². The Hall–Kier alpha value is -0.580. The minimum Gasteiger partial charge on any atom is -0.385 e. The van der Waals surface area contributed by atoms with Gasteiger partial charge >= 0.3 is 0 Å². The molecule has 0 aromatic rings. The molecule has 1 saturated heterocycles. The van der Waals surface area contributed by atoms with Crippen molar-refractivity contribution < 1.29 is 4.74 Å². The predicted molar refractivity (Wildman–Crippen MR) is 74.3 cm³/mol. The van der Waals surface area contributed by atoms with Crippen LogP contribution in [0.4, 0.5) is 0 Å². The first-order valence-corrected chi connectivity index (χ1v) is 7.22. The van der Waals surface area contributed by atoms with E-state index < -0.39 is 0 Å². The molecule has 0 radical (unpaired) electrons. The summed E-state index contributed by atoms with van der Waals surface area (Å²) >= 11 is 0. The van der Waals surface area contributed by atoms with Gasteiger partial charge in [-0.25, -0.2) is 0 Å². The van der Waals surface area contributed by atoms with Crippen LogP contribution in [0.15, 0.2) is 12.3 Å². The fraction of sp³-hybridized carbons (Fsp3) is 0.857. The molecule has 2 fully saturated rings. The summed E-state index contributed by atoms with van der Waals surface area (Å²) in [4.78, 5) is 2.41. The SMILES string of the molecule is C=C(CN1CCOCC1)NC1CCC(CN)CC1. The van der Waals surface area contributed by atoms with Crippen LogP contribution < -0.4 is 11.1 Å². The molecule has 4 nitrogen and oxygen atoms in total. The van der Waals surface area contributed by atoms with Crippen molar-refractivity contribution in [2.75, 3.05) is 39.4 Å². The molecule has 18 heavy (non-hydrogen) atoms. The zero-order valence-electron chi connectivity index (χ0n) is 11.4. The zero-order valence-corrected chi connectivity index (χ0v) is 11.4. The fourth-order valence-corrected chi connectivity index (χ4v) is 2.91. The summed E-state index contributed by atoms with van der Waals surface area (Å²) < 4.78 is 5.35. The Bertz CT molecular complexity index is 256. The molecular formula is C14H27N3O. The molecule has 0 amide bonds. The van der Waals surface area contributed by atoms with Gasteiger partial charge in [0, 0.05) is 31.4 Å². The summed E-state index contributed by atoms with van der Waals surface area (Å²) in [7, 11) is 0. The van der Waals surface area contributed by atoms with Gasteiger partial charge in [0.05, 0.1) is 13.2 Å². The highest BCUT2D eigenvalue weighted by Crippen LogP contribution is 2.23. The Morgan fingerprint density at radius 2 is 1.89 bits per heavy atom. The number of nitrogens with one attached hydrogen (secondary N) is 1. The number of hydrogen-bond acceptors (Lipinski definition) is 4. The highest BCUT2D eigenvalue weighted by atomic mass is 16.5. The lowest BCUT2D eigenvalue weighted by molar-refractivity contribution is 0.0414. The van der Waals surface area contributed by atoms with E-state index in [9.17, 15) is 0 Å². The second-order valence-electron chi connectivity index (χ2n) is 5.59. The third-order valence-corrected chi connectivity index (χ3v) is 4.11. The number of ether oxygens (including phenoxy) is 1. The van der Waals surface area contributed by atoms with Crippen molar-refractivity contribution in [2.45, 2.75) is 31.7 Å². The highest BCUT2D eigenvalue weighted by molar-refractivity contribution is 4.98. The molecular weight excluding hydrogens is 226 g/mol. The standard InChI is InChI=1S/C14H27N3O/c1-12(11-17-6-8-18-9-7-17)16-14-4-2-13(10-15)3-5-14/h13-14,16H,1-11,15H2. The second-order valence-corrected chi connectivity index (χ2v) is 5.59. The van der Waals surface area contributed by atoms with Crippen molar-refractivity contribution in [1.29, 1.82) is 0 Å². The van der Waals surface area contributed by atoms with Gasteiger partial charge in [-0.05, 0) is 38.1 Å². The smallest absolute Gasteiger partial charge is 0.0594 e. The van der Waals surface area contributed by atoms with Crippen LogP contribution in [0.5, 0.6) is 0 Å². The Morgan fingerprint density at radius 1 is 1.22 bits per heavy atom. The Balaban J connectivity index is 1.65. The largest absolute Gasteiger partial charge is 0.385 e. The van der Waals surface area contributed by atoms with Crippen LogP contribution in [0, 0.1) is 5.92 Å². The van der Waals surface area contributed by atoms with Crippen LogP contribution in [0.25, 0.3) is 0 Å². The third kappa shape index (κ3) is 4.26. The molecule has 1 aliphatic heterocycles. The van der Waals surface area contributed by atoms with Gasteiger partial charge in [0.25, 0.3) is 0 Å². The molecule has 0 aromatic carbocycles. The van der Waals surface area contributed by atoms with Crippen molar-refractivity contribution in [3.63, 3.8) is 0 Å². The highest BCUT2D eigenvalue weighted by Gasteiger charge is 2.20.